The number of anilines is 2. The number of sulfonamides is 1. The Hall–Kier alpha value is -2.83. The zero-order valence-corrected chi connectivity index (χ0v) is 17.6. The summed E-state index contributed by atoms with van der Waals surface area (Å²) in [7, 11) is -3.95. The van der Waals surface area contributed by atoms with Gasteiger partial charge in [0.2, 0.25) is 0 Å². The fourth-order valence-electron chi connectivity index (χ4n) is 2.72. The van der Waals surface area contributed by atoms with Gasteiger partial charge in [0.15, 0.2) is 0 Å². The third-order valence-corrected chi connectivity index (χ3v) is 6.21. The second kappa shape index (κ2) is 8.68. The molecule has 1 amide bonds. The van der Waals surface area contributed by atoms with Crippen LogP contribution in [0.3, 0.4) is 0 Å². The first-order valence-corrected chi connectivity index (χ1v) is 10.9. The molecule has 29 heavy (non-hydrogen) atoms. The largest absolute Gasteiger partial charge is 0.322 e. The van der Waals surface area contributed by atoms with Gasteiger partial charge in [-0.15, -0.1) is 0 Å². The van der Waals surface area contributed by atoms with E-state index in [9.17, 15) is 13.2 Å². The van der Waals surface area contributed by atoms with Crippen LogP contribution in [0.5, 0.6) is 0 Å². The molecule has 0 aliphatic rings. The Kier molecular flexibility index (Phi) is 6.25. The predicted octanol–water partition coefficient (Wildman–Crippen LogP) is 5.52. The van der Waals surface area contributed by atoms with Crippen molar-refractivity contribution in [1.82, 2.24) is 0 Å². The maximum Gasteiger partial charge on any atom is 0.263 e. The van der Waals surface area contributed by atoms with Crippen molar-refractivity contribution in [2.75, 3.05) is 10.0 Å². The third kappa shape index (κ3) is 5.16. The zero-order valence-electron chi connectivity index (χ0n) is 16.0. The van der Waals surface area contributed by atoms with Crippen molar-refractivity contribution >= 4 is 38.9 Å². The summed E-state index contributed by atoms with van der Waals surface area (Å²) in [6.45, 7) is 4.18. The molecule has 3 rings (SSSR count). The molecule has 150 valence electrons. The summed E-state index contributed by atoms with van der Waals surface area (Å²) >= 11 is 6.11. The van der Waals surface area contributed by atoms with Gasteiger partial charge >= 0.3 is 0 Å². The third-order valence-electron chi connectivity index (χ3n) is 4.34. The number of carbonyl (C=O) groups is 1. The van der Waals surface area contributed by atoms with E-state index in [-0.39, 0.29) is 15.5 Å². The molecule has 0 spiro atoms. The van der Waals surface area contributed by atoms with Crippen LogP contribution in [0.2, 0.25) is 5.02 Å². The lowest BCUT2D eigenvalue weighted by atomic mass is 10.0. The molecule has 7 heteroatoms. The van der Waals surface area contributed by atoms with Crippen LogP contribution in [0.4, 0.5) is 11.4 Å². The highest BCUT2D eigenvalue weighted by atomic mass is 35.5. The minimum atomic E-state index is -3.95. The van der Waals surface area contributed by atoms with Crippen LogP contribution < -0.4 is 10.0 Å². The molecular weight excluding hydrogens is 408 g/mol. The lowest BCUT2D eigenvalue weighted by Gasteiger charge is -2.12. The minimum absolute atomic E-state index is 0.0336. The number of benzene rings is 3. The topological polar surface area (TPSA) is 75.3 Å². The Morgan fingerprint density at radius 1 is 0.897 bits per heavy atom. The molecule has 0 unspecified atom stereocenters. The van der Waals surface area contributed by atoms with Gasteiger partial charge in [-0.2, -0.15) is 0 Å². The van der Waals surface area contributed by atoms with Gasteiger partial charge in [0.25, 0.3) is 15.9 Å². The number of hydrogen-bond acceptors (Lipinski definition) is 3. The number of rotatable bonds is 6. The standard InChI is InChI=1S/C22H21ClN2O3S/c1-15(2)16-8-11-18(12-9-16)24-22(26)17-10-13-20(23)21(14-17)29(27,28)25-19-6-4-3-5-7-19/h3-15,25H,1-2H3,(H,24,26). The highest BCUT2D eigenvalue weighted by molar-refractivity contribution is 7.92. The van der Waals surface area contributed by atoms with Gasteiger partial charge in [-0.25, -0.2) is 8.42 Å². The van der Waals surface area contributed by atoms with Crippen LogP contribution in [-0.4, -0.2) is 14.3 Å². The highest BCUT2D eigenvalue weighted by Crippen LogP contribution is 2.26. The summed E-state index contributed by atoms with van der Waals surface area (Å²) in [4.78, 5) is 12.5. The first-order chi connectivity index (χ1) is 13.8. The molecular formula is C22H21ClN2O3S. The van der Waals surface area contributed by atoms with Crippen molar-refractivity contribution in [2.45, 2.75) is 24.7 Å². The molecule has 3 aromatic carbocycles. The summed E-state index contributed by atoms with van der Waals surface area (Å²) in [6, 6.07) is 20.2. The molecule has 3 aromatic rings. The van der Waals surface area contributed by atoms with Crippen molar-refractivity contribution in [3.8, 4) is 0 Å². The SMILES string of the molecule is CC(C)c1ccc(NC(=O)c2ccc(Cl)c(S(=O)(=O)Nc3ccccc3)c2)cc1. The normalized spacial score (nSPS) is 11.3. The van der Waals surface area contributed by atoms with Crippen molar-refractivity contribution in [3.63, 3.8) is 0 Å². The number of halogens is 1. The van der Waals surface area contributed by atoms with E-state index in [1.54, 1.807) is 30.3 Å². The molecule has 0 saturated carbocycles. The molecule has 0 saturated heterocycles. The van der Waals surface area contributed by atoms with E-state index in [1.165, 1.54) is 18.2 Å². The van der Waals surface area contributed by atoms with E-state index in [1.807, 2.05) is 24.3 Å². The van der Waals surface area contributed by atoms with Gasteiger partial charge in [0, 0.05) is 16.9 Å². The maximum atomic E-state index is 12.7. The van der Waals surface area contributed by atoms with E-state index < -0.39 is 15.9 Å². The van der Waals surface area contributed by atoms with E-state index in [2.05, 4.69) is 23.9 Å². The predicted molar refractivity (Wildman–Crippen MR) is 117 cm³/mol. The summed E-state index contributed by atoms with van der Waals surface area (Å²) in [5.41, 5.74) is 2.38. The van der Waals surface area contributed by atoms with Crippen LogP contribution in [0.1, 0.15) is 35.7 Å². The van der Waals surface area contributed by atoms with Crippen LogP contribution >= 0.6 is 11.6 Å². The van der Waals surface area contributed by atoms with Crippen LogP contribution in [-0.2, 0) is 10.0 Å². The van der Waals surface area contributed by atoms with Crippen molar-refractivity contribution in [2.24, 2.45) is 0 Å². The smallest absolute Gasteiger partial charge is 0.263 e. The van der Waals surface area contributed by atoms with Crippen molar-refractivity contribution in [1.29, 1.82) is 0 Å². The van der Waals surface area contributed by atoms with E-state index in [0.717, 1.165) is 5.56 Å². The van der Waals surface area contributed by atoms with Crippen molar-refractivity contribution in [3.05, 3.63) is 88.9 Å². The molecule has 0 aliphatic heterocycles. The van der Waals surface area contributed by atoms with Crippen molar-refractivity contribution < 1.29 is 13.2 Å². The first-order valence-electron chi connectivity index (χ1n) is 9.05. The van der Waals surface area contributed by atoms with Crippen LogP contribution in [0, 0.1) is 0 Å². The van der Waals surface area contributed by atoms with Gasteiger partial charge in [0.05, 0.1) is 5.02 Å². The summed E-state index contributed by atoms with van der Waals surface area (Å²) in [5, 5.41) is 2.81. The second-order valence-electron chi connectivity index (χ2n) is 6.85. The quantitative estimate of drug-likeness (QED) is 0.543. The molecule has 0 heterocycles. The fourth-order valence-corrected chi connectivity index (χ4v) is 4.31. The monoisotopic (exact) mass is 428 g/mol. The molecule has 0 radical (unpaired) electrons. The van der Waals surface area contributed by atoms with Gasteiger partial charge < -0.3 is 5.32 Å². The average molecular weight is 429 g/mol. The lowest BCUT2D eigenvalue weighted by molar-refractivity contribution is 0.102. The zero-order chi connectivity index (χ0) is 21.0. The number of para-hydroxylation sites is 1. The maximum absolute atomic E-state index is 12.7. The highest BCUT2D eigenvalue weighted by Gasteiger charge is 2.20. The Morgan fingerprint density at radius 3 is 2.17 bits per heavy atom. The Balaban J connectivity index is 1.83. The number of amides is 1. The average Bonchev–Trinajstić information content (AvgIpc) is 2.69. The number of carbonyl (C=O) groups excluding carboxylic acids is 1. The van der Waals surface area contributed by atoms with Crippen LogP contribution in [0.25, 0.3) is 0 Å². The molecule has 0 aromatic heterocycles. The minimum Gasteiger partial charge on any atom is -0.322 e. The van der Waals surface area contributed by atoms with Gasteiger partial charge in [0.1, 0.15) is 4.90 Å². The summed E-state index contributed by atoms with van der Waals surface area (Å²) < 4.78 is 27.9. The number of nitrogens with one attached hydrogen (secondary N) is 2. The summed E-state index contributed by atoms with van der Waals surface area (Å²) in [6.07, 6.45) is 0. The van der Waals surface area contributed by atoms with E-state index in [0.29, 0.717) is 17.3 Å². The Labute approximate surface area is 175 Å². The van der Waals surface area contributed by atoms with Gasteiger partial charge in [-0.05, 0) is 53.9 Å². The first kappa shape index (κ1) is 20.9. The van der Waals surface area contributed by atoms with Crippen LogP contribution in [0.15, 0.2) is 77.7 Å². The number of hydrogen-bond donors (Lipinski definition) is 2. The molecule has 0 aliphatic carbocycles. The summed E-state index contributed by atoms with van der Waals surface area (Å²) in [5.74, 6) is -0.0315. The molecule has 5 nitrogen and oxygen atoms in total. The molecule has 2 N–H and O–H groups in total. The van der Waals surface area contributed by atoms with Gasteiger partial charge in [-0.3, -0.25) is 9.52 Å². The lowest BCUT2D eigenvalue weighted by Crippen LogP contribution is -2.16. The molecule has 0 fully saturated rings. The van der Waals surface area contributed by atoms with Gasteiger partial charge in [-0.1, -0.05) is 55.8 Å². The second-order valence-corrected chi connectivity index (χ2v) is 8.91. The van der Waals surface area contributed by atoms with E-state index >= 15 is 0 Å². The molecule has 0 bridgehead atoms. The Bertz CT molecular complexity index is 1110. The Morgan fingerprint density at radius 2 is 1.55 bits per heavy atom. The van der Waals surface area contributed by atoms with E-state index in [4.69, 9.17) is 11.6 Å². The fraction of sp³-hybridized carbons (Fsp3) is 0.136. The molecule has 0 atom stereocenters.